The summed E-state index contributed by atoms with van der Waals surface area (Å²) in [6, 6.07) is 0. The third-order valence-electron chi connectivity index (χ3n) is 0. The molecule has 0 fully saturated rings. The van der Waals surface area contributed by atoms with Crippen LogP contribution in [0.4, 0.5) is 0 Å². The first kappa shape index (κ1) is 23.8. The first-order chi connectivity index (χ1) is 4.00. The first-order valence-corrected chi connectivity index (χ1v) is 6.93. The van der Waals surface area contributed by atoms with Gasteiger partial charge in [-0.3, -0.25) is 0 Å². The SMILES string of the molecule is O=[Se](=O)([O-])[O-].O=[Se](=O)([O-])[O-].[Al].[K+]. The molecule has 0 unspecified atom stereocenters. The van der Waals surface area contributed by atoms with Crippen molar-refractivity contribution in [1.29, 1.82) is 0 Å². The molecule has 3 radical (unpaired) electrons. The van der Waals surface area contributed by atoms with E-state index >= 15 is 0 Å². The molecular weight excluding hydrogens is 352 g/mol. The van der Waals surface area contributed by atoms with Crippen LogP contribution in [0, 0.1) is 0 Å². The van der Waals surface area contributed by atoms with E-state index in [0.717, 1.165) is 0 Å². The zero-order chi connectivity index (χ0) is 9.00. The number of hydrogen-bond acceptors (Lipinski definition) is 8. The quantitative estimate of drug-likeness (QED) is 0.388. The van der Waals surface area contributed by atoms with E-state index in [4.69, 9.17) is 32.1 Å². The van der Waals surface area contributed by atoms with Crippen LogP contribution in [-0.4, -0.2) is 44.1 Å². The summed E-state index contributed by atoms with van der Waals surface area (Å²) in [6.07, 6.45) is 0. The Morgan fingerprint density at radius 2 is 0.667 bits per heavy atom. The van der Waals surface area contributed by atoms with Crippen molar-refractivity contribution < 1.29 is 83.5 Å². The second kappa shape index (κ2) is 9.79. The number of hydrogen-bond donors (Lipinski definition) is 0. The van der Waals surface area contributed by atoms with Crippen molar-refractivity contribution >= 4 is 44.1 Å². The first-order valence-electron chi connectivity index (χ1n) is 1.33. The van der Waals surface area contributed by atoms with Crippen molar-refractivity contribution in [2.45, 2.75) is 0 Å². The normalized spacial score (nSPS) is 9.67. The number of rotatable bonds is 0. The Balaban J connectivity index is -0.0000000457. The fraction of sp³-hybridized carbons (Fsp3) is 0. The second-order valence-electron chi connectivity index (χ2n) is 0.816. The van der Waals surface area contributed by atoms with Gasteiger partial charge in [-0.15, -0.1) is 0 Å². The van der Waals surface area contributed by atoms with E-state index in [9.17, 15) is 0 Å². The summed E-state index contributed by atoms with van der Waals surface area (Å²) >= 11 is -11.5. The predicted octanol–water partition coefficient (Wildman–Crippen LogP) is -9.37. The summed E-state index contributed by atoms with van der Waals surface area (Å²) in [5.74, 6) is 0. The fourth-order valence-corrected chi connectivity index (χ4v) is 0. The van der Waals surface area contributed by atoms with Gasteiger partial charge in [0.25, 0.3) is 0 Å². The van der Waals surface area contributed by atoms with Gasteiger partial charge >= 0.3 is 110 Å². The van der Waals surface area contributed by atoms with Gasteiger partial charge in [-0.2, -0.15) is 0 Å². The molecule has 0 atom stereocenters. The summed E-state index contributed by atoms with van der Waals surface area (Å²) < 4.78 is 68.8. The van der Waals surface area contributed by atoms with Crippen LogP contribution >= 0.6 is 0 Å². The molecule has 0 rings (SSSR count). The van der Waals surface area contributed by atoms with E-state index in [0.29, 0.717) is 0 Å². The third kappa shape index (κ3) is 307. The average molecular weight is 352 g/mol. The van der Waals surface area contributed by atoms with Crippen LogP contribution in [-0.2, 0) is 15.3 Å². The van der Waals surface area contributed by atoms with Crippen LogP contribution < -0.4 is 68.1 Å². The van der Waals surface area contributed by atoms with Gasteiger partial charge in [0.05, 0.1) is 0 Å². The van der Waals surface area contributed by atoms with E-state index in [1.807, 2.05) is 0 Å². The summed E-state index contributed by atoms with van der Waals surface area (Å²) in [7, 11) is 0. The Hall–Kier alpha value is 2.25. The molecule has 0 amide bonds. The monoisotopic (exact) mass is 354 g/mol. The summed E-state index contributed by atoms with van der Waals surface area (Å²) in [6.45, 7) is 0. The van der Waals surface area contributed by atoms with E-state index in [1.54, 1.807) is 0 Å². The maximum atomic E-state index is 8.59. The summed E-state index contributed by atoms with van der Waals surface area (Å²) in [4.78, 5) is 0. The molecule has 0 saturated heterocycles. The largest absolute Gasteiger partial charge is 1.00 e. The Bertz CT molecular complexity index is 213. The molecule has 0 aromatic heterocycles. The zero-order valence-corrected chi connectivity index (χ0v) is 13.4. The van der Waals surface area contributed by atoms with Crippen molar-refractivity contribution in [3.63, 3.8) is 0 Å². The van der Waals surface area contributed by atoms with Gasteiger partial charge in [0.1, 0.15) is 0 Å². The molecule has 12 heteroatoms. The molecule has 0 N–H and O–H groups in total. The predicted molar refractivity (Wildman–Crippen MR) is 20.0 cm³/mol. The van der Waals surface area contributed by atoms with Crippen molar-refractivity contribution in [2.24, 2.45) is 0 Å². The zero-order valence-electron chi connectivity index (χ0n) is 5.66. The van der Waals surface area contributed by atoms with Gasteiger partial charge in [-0.1, -0.05) is 0 Å². The smallest absolute Gasteiger partial charge is 0 e. The van der Waals surface area contributed by atoms with E-state index in [2.05, 4.69) is 0 Å². The van der Waals surface area contributed by atoms with E-state index < -0.39 is 26.7 Å². The maximum absolute atomic E-state index is 8.59. The Labute approximate surface area is 125 Å². The minimum atomic E-state index is -5.75. The van der Waals surface area contributed by atoms with Crippen LogP contribution in [0.5, 0.6) is 0 Å². The Kier molecular flexibility index (Phi) is 19.4. The average Bonchev–Trinajstić information content (AvgIpc) is 1.12. The summed E-state index contributed by atoms with van der Waals surface area (Å²) in [5, 5.41) is 0. The minimum Gasteiger partial charge on any atom is 0 e. The van der Waals surface area contributed by atoms with Crippen molar-refractivity contribution in [2.75, 3.05) is 0 Å². The minimum absolute atomic E-state index is 0. The molecule has 0 bridgehead atoms. The molecule has 0 spiro atoms. The molecule has 0 aromatic rings. The molecule has 67 valence electrons. The molecule has 0 saturated carbocycles. The van der Waals surface area contributed by atoms with E-state index in [-0.39, 0.29) is 68.7 Å². The van der Waals surface area contributed by atoms with Gasteiger partial charge in [0.15, 0.2) is 0 Å². The van der Waals surface area contributed by atoms with Gasteiger partial charge in [-0.25, -0.2) is 0 Å². The Morgan fingerprint density at radius 1 is 0.667 bits per heavy atom. The molecule has 0 aliphatic carbocycles. The van der Waals surface area contributed by atoms with Gasteiger partial charge in [0.2, 0.25) is 0 Å². The van der Waals surface area contributed by atoms with Crippen LogP contribution in [0.2, 0.25) is 0 Å². The molecule has 0 aliphatic heterocycles. The van der Waals surface area contributed by atoms with Crippen molar-refractivity contribution in [3.05, 3.63) is 0 Å². The molecule has 12 heavy (non-hydrogen) atoms. The second-order valence-corrected chi connectivity index (χ2v) is 4.24. The van der Waals surface area contributed by atoms with Crippen molar-refractivity contribution in [1.82, 2.24) is 0 Å². The van der Waals surface area contributed by atoms with Gasteiger partial charge in [0, 0.05) is 17.4 Å². The molecule has 0 heterocycles. The van der Waals surface area contributed by atoms with Crippen LogP contribution in [0.3, 0.4) is 0 Å². The van der Waals surface area contributed by atoms with Gasteiger partial charge in [-0.05, 0) is 0 Å². The van der Waals surface area contributed by atoms with Crippen LogP contribution in [0.25, 0.3) is 0 Å². The fourth-order valence-electron chi connectivity index (χ4n) is 0. The standard InChI is InChI=1S/Al.K.2H2O4Se/c;;2*1-5(2,3)4/h;;2*(H2,1,2,3,4)/q;+1;;/p-4. The molecule has 8 nitrogen and oxygen atoms in total. The molecule has 0 aromatic carbocycles. The third-order valence-corrected chi connectivity index (χ3v) is 0. The maximum Gasteiger partial charge on any atom is 1.00 e. The van der Waals surface area contributed by atoms with E-state index in [1.165, 1.54) is 0 Å². The topological polar surface area (TPSA) is 161 Å². The molecule has 0 aliphatic rings. The van der Waals surface area contributed by atoms with Crippen molar-refractivity contribution in [3.8, 4) is 0 Å². The summed E-state index contributed by atoms with van der Waals surface area (Å²) in [5.41, 5.74) is 0. The van der Waals surface area contributed by atoms with Crippen LogP contribution in [0.1, 0.15) is 0 Å². The van der Waals surface area contributed by atoms with Gasteiger partial charge < -0.3 is 0 Å². The van der Waals surface area contributed by atoms with Crippen LogP contribution in [0.15, 0.2) is 0 Å². The Morgan fingerprint density at radius 3 is 0.667 bits per heavy atom. The molecular formula is AlKO8Se2-3.